The second-order valence-corrected chi connectivity index (χ2v) is 3.86. The standard InChI is InChI=1S/C11H15N5O3/c1-13-9-14-10(17)15(11(18)16(9)12)7-3-5-8(19-2)6-4-7/h3-6,9,13H,12H2,1-2H3,(H,14,17). The molecule has 0 aromatic heterocycles. The zero-order chi connectivity index (χ0) is 14.0. The molecule has 1 atom stereocenters. The maximum absolute atomic E-state index is 12.1. The van der Waals surface area contributed by atoms with E-state index in [9.17, 15) is 9.59 Å². The minimum absolute atomic E-state index is 0.410. The second kappa shape index (κ2) is 5.12. The van der Waals surface area contributed by atoms with E-state index in [0.29, 0.717) is 11.4 Å². The number of hydrogen-bond donors (Lipinski definition) is 3. The van der Waals surface area contributed by atoms with E-state index in [0.717, 1.165) is 9.91 Å². The predicted molar refractivity (Wildman–Crippen MR) is 68.3 cm³/mol. The summed E-state index contributed by atoms with van der Waals surface area (Å²) in [6.07, 6.45) is -0.727. The van der Waals surface area contributed by atoms with Gasteiger partial charge in [0.25, 0.3) is 0 Å². The number of urea groups is 2. The van der Waals surface area contributed by atoms with Gasteiger partial charge in [-0.25, -0.2) is 25.3 Å². The summed E-state index contributed by atoms with van der Waals surface area (Å²) in [6.45, 7) is 0. The third-order valence-electron chi connectivity index (χ3n) is 2.76. The Labute approximate surface area is 110 Å². The van der Waals surface area contributed by atoms with Gasteiger partial charge in [0.05, 0.1) is 12.8 Å². The quantitative estimate of drug-likeness (QED) is 0.528. The van der Waals surface area contributed by atoms with E-state index in [-0.39, 0.29) is 0 Å². The van der Waals surface area contributed by atoms with Crippen LogP contribution in [-0.4, -0.2) is 37.5 Å². The van der Waals surface area contributed by atoms with E-state index in [1.807, 2.05) is 0 Å². The summed E-state index contributed by atoms with van der Waals surface area (Å²) in [5.41, 5.74) is 0.410. The van der Waals surface area contributed by atoms with Crippen molar-refractivity contribution in [2.45, 2.75) is 6.29 Å². The summed E-state index contributed by atoms with van der Waals surface area (Å²) in [4.78, 5) is 24.9. The number of nitrogens with one attached hydrogen (secondary N) is 2. The number of carbonyl (C=O) groups is 2. The number of amides is 4. The number of ether oxygens (including phenoxy) is 1. The van der Waals surface area contributed by atoms with Crippen LogP contribution in [0.25, 0.3) is 0 Å². The van der Waals surface area contributed by atoms with E-state index in [4.69, 9.17) is 10.6 Å². The number of rotatable bonds is 3. The molecule has 1 aromatic rings. The van der Waals surface area contributed by atoms with Gasteiger partial charge in [0.15, 0.2) is 6.29 Å². The summed E-state index contributed by atoms with van der Waals surface area (Å²) in [5, 5.41) is 6.16. The van der Waals surface area contributed by atoms with Crippen LogP contribution in [0.4, 0.5) is 15.3 Å². The lowest BCUT2D eigenvalue weighted by Gasteiger charge is -2.37. The van der Waals surface area contributed by atoms with Crippen molar-refractivity contribution in [2.24, 2.45) is 5.84 Å². The monoisotopic (exact) mass is 265 g/mol. The summed E-state index contributed by atoms with van der Waals surface area (Å²) >= 11 is 0. The highest BCUT2D eigenvalue weighted by Gasteiger charge is 2.37. The molecule has 1 fully saturated rings. The van der Waals surface area contributed by atoms with E-state index in [2.05, 4.69) is 10.6 Å². The summed E-state index contributed by atoms with van der Waals surface area (Å²) in [7, 11) is 3.12. The highest BCUT2D eigenvalue weighted by atomic mass is 16.5. The van der Waals surface area contributed by atoms with Gasteiger partial charge in [-0.1, -0.05) is 0 Å². The molecule has 102 valence electrons. The predicted octanol–water partition coefficient (Wildman–Crippen LogP) is 0.0235. The van der Waals surface area contributed by atoms with Crippen LogP contribution in [0, 0.1) is 0 Å². The Morgan fingerprint density at radius 2 is 1.95 bits per heavy atom. The maximum Gasteiger partial charge on any atom is 0.349 e. The van der Waals surface area contributed by atoms with Crippen LogP contribution in [0.3, 0.4) is 0 Å². The molecule has 0 aliphatic carbocycles. The van der Waals surface area contributed by atoms with Crippen LogP contribution >= 0.6 is 0 Å². The van der Waals surface area contributed by atoms with Crippen LogP contribution in [0.5, 0.6) is 5.75 Å². The highest BCUT2D eigenvalue weighted by Crippen LogP contribution is 2.21. The largest absolute Gasteiger partial charge is 0.497 e. The smallest absolute Gasteiger partial charge is 0.349 e. The first-order valence-electron chi connectivity index (χ1n) is 5.58. The van der Waals surface area contributed by atoms with Gasteiger partial charge in [-0.3, -0.25) is 5.32 Å². The Bertz CT molecular complexity index is 490. The number of benzene rings is 1. The molecule has 2 rings (SSSR count). The topological polar surface area (TPSA) is 99.9 Å². The molecule has 4 amide bonds. The minimum Gasteiger partial charge on any atom is -0.497 e. The lowest BCUT2D eigenvalue weighted by Crippen LogP contribution is -2.71. The van der Waals surface area contributed by atoms with Gasteiger partial charge in [0.1, 0.15) is 5.75 Å². The SMILES string of the molecule is CNC1NC(=O)N(c2ccc(OC)cc2)C(=O)N1N. The first kappa shape index (κ1) is 13.1. The van der Waals surface area contributed by atoms with E-state index in [1.165, 1.54) is 7.11 Å². The molecule has 0 spiro atoms. The first-order chi connectivity index (χ1) is 9.08. The lowest BCUT2D eigenvalue weighted by molar-refractivity contribution is 0.142. The van der Waals surface area contributed by atoms with E-state index < -0.39 is 18.4 Å². The molecular weight excluding hydrogens is 250 g/mol. The van der Waals surface area contributed by atoms with Crippen molar-refractivity contribution in [1.29, 1.82) is 0 Å². The molecule has 8 heteroatoms. The van der Waals surface area contributed by atoms with Gasteiger partial charge in [-0.05, 0) is 31.3 Å². The third kappa shape index (κ3) is 2.30. The fourth-order valence-corrected chi connectivity index (χ4v) is 1.73. The molecule has 0 bridgehead atoms. The number of carbonyl (C=O) groups excluding carboxylic acids is 2. The van der Waals surface area contributed by atoms with E-state index in [1.54, 1.807) is 31.3 Å². The van der Waals surface area contributed by atoms with Gasteiger partial charge in [0.2, 0.25) is 0 Å². The first-order valence-corrected chi connectivity index (χ1v) is 5.58. The molecule has 8 nitrogen and oxygen atoms in total. The molecule has 1 heterocycles. The summed E-state index contributed by atoms with van der Waals surface area (Å²) in [6, 6.07) is 5.35. The fourth-order valence-electron chi connectivity index (χ4n) is 1.73. The molecule has 0 saturated carbocycles. The Morgan fingerprint density at radius 3 is 2.47 bits per heavy atom. The van der Waals surface area contributed by atoms with Gasteiger partial charge in [-0.15, -0.1) is 0 Å². The van der Waals surface area contributed by atoms with Crippen LogP contribution in [0.2, 0.25) is 0 Å². The maximum atomic E-state index is 12.1. The zero-order valence-electron chi connectivity index (χ0n) is 10.6. The number of anilines is 1. The molecule has 1 saturated heterocycles. The average Bonchev–Trinajstić information content (AvgIpc) is 2.43. The molecule has 4 N–H and O–H groups in total. The number of nitrogens with zero attached hydrogens (tertiary/aromatic N) is 2. The van der Waals surface area contributed by atoms with Gasteiger partial charge in [0, 0.05) is 0 Å². The van der Waals surface area contributed by atoms with Crippen molar-refractivity contribution in [1.82, 2.24) is 15.6 Å². The van der Waals surface area contributed by atoms with Crippen molar-refractivity contribution in [3.63, 3.8) is 0 Å². The van der Waals surface area contributed by atoms with Gasteiger partial charge < -0.3 is 10.1 Å². The number of hydrazine groups is 1. The molecule has 0 radical (unpaired) electrons. The third-order valence-corrected chi connectivity index (χ3v) is 2.76. The number of nitrogens with two attached hydrogens (primary N) is 1. The highest BCUT2D eigenvalue weighted by molar-refractivity contribution is 6.14. The van der Waals surface area contributed by atoms with Crippen LogP contribution < -0.4 is 26.1 Å². The van der Waals surface area contributed by atoms with Gasteiger partial charge in [-0.2, -0.15) is 0 Å². The molecule has 1 aromatic carbocycles. The normalized spacial score (nSPS) is 19.4. The Hall–Kier alpha value is -2.32. The van der Waals surface area contributed by atoms with Crippen molar-refractivity contribution in [3.05, 3.63) is 24.3 Å². The van der Waals surface area contributed by atoms with Gasteiger partial charge >= 0.3 is 12.1 Å². The average molecular weight is 265 g/mol. The van der Waals surface area contributed by atoms with Crippen molar-refractivity contribution in [3.8, 4) is 5.75 Å². The summed E-state index contributed by atoms with van der Waals surface area (Å²) < 4.78 is 5.02. The Morgan fingerprint density at radius 1 is 1.32 bits per heavy atom. The summed E-state index contributed by atoms with van der Waals surface area (Å²) in [5.74, 6) is 6.25. The van der Waals surface area contributed by atoms with Crippen LogP contribution in [-0.2, 0) is 0 Å². The molecule has 19 heavy (non-hydrogen) atoms. The second-order valence-electron chi connectivity index (χ2n) is 3.86. The van der Waals surface area contributed by atoms with Crippen molar-refractivity contribution >= 4 is 17.7 Å². The fraction of sp³-hybridized carbons (Fsp3) is 0.273. The number of hydrogen-bond acceptors (Lipinski definition) is 5. The molecule has 1 aliphatic heterocycles. The van der Waals surface area contributed by atoms with Crippen LogP contribution in [0.1, 0.15) is 0 Å². The minimum atomic E-state index is -0.727. The Kier molecular flexibility index (Phi) is 3.54. The Balaban J connectivity index is 2.28. The number of methoxy groups -OCH3 is 1. The molecule has 1 aliphatic rings. The zero-order valence-corrected chi connectivity index (χ0v) is 10.6. The van der Waals surface area contributed by atoms with E-state index >= 15 is 0 Å². The van der Waals surface area contributed by atoms with Crippen molar-refractivity contribution < 1.29 is 14.3 Å². The lowest BCUT2D eigenvalue weighted by atomic mass is 10.3. The van der Waals surface area contributed by atoms with Crippen molar-refractivity contribution in [2.75, 3.05) is 19.1 Å². The number of imide groups is 1. The van der Waals surface area contributed by atoms with Crippen LogP contribution in [0.15, 0.2) is 24.3 Å². The molecule has 1 unspecified atom stereocenters. The molecular formula is C11H15N5O3.